The Kier molecular flexibility index (Phi) is 8.63. The van der Waals surface area contributed by atoms with Gasteiger partial charge in [0.1, 0.15) is 5.69 Å². The second-order valence-electron chi connectivity index (χ2n) is 10.9. The number of para-hydroxylation sites is 2. The third kappa shape index (κ3) is 6.80. The van der Waals surface area contributed by atoms with Gasteiger partial charge in [-0.25, -0.2) is 4.98 Å². The van der Waals surface area contributed by atoms with Crippen LogP contribution in [0.2, 0.25) is 0 Å². The molecule has 2 aliphatic heterocycles. The van der Waals surface area contributed by atoms with E-state index in [9.17, 15) is 9.90 Å². The highest BCUT2D eigenvalue weighted by atomic mass is 16.7. The Hall–Kier alpha value is -3.69. The summed E-state index contributed by atoms with van der Waals surface area (Å²) < 4.78 is 13.0. The number of aliphatic hydroxyl groups is 1. The van der Waals surface area contributed by atoms with E-state index in [0.29, 0.717) is 17.8 Å². The van der Waals surface area contributed by atoms with Gasteiger partial charge in [0.15, 0.2) is 6.29 Å². The Morgan fingerprint density at radius 1 is 0.878 bits per heavy atom. The van der Waals surface area contributed by atoms with Gasteiger partial charge >= 0.3 is 0 Å². The Balaban J connectivity index is 1.12. The van der Waals surface area contributed by atoms with E-state index in [2.05, 4.69) is 20.2 Å². The van der Waals surface area contributed by atoms with Crippen molar-refractivity contribution in [3.8, 4) is 0 Å². The summed E-state index contributed by atoms with van der Waals surface area (Å²) in [6.07, 6.45) is 5.54. The van der Waals surface area contributed by atoms with Crippen LogP contribution in [0.5, 0.6) is 0 Å². The molecule has 8 heteroatoms. The van der Waals surface area contributed by atoms with Crippen molar-refractivity contribution < 1.29 is 19.4 Å². The van der Waals surface area contributed by atoms with Gasteiger partial charge in [-0.15, -0.1) is 0 Å². The second kappa shape index (κ2) is 12.9. The molecule has 0 saturated carbocycles. The van der Waals surface area contributed by atoms with E-state index < -0.39 is 6.29 Å². The molecule has 8 nitrogen and oxygen atoms in total. The number of carbonyl (C=O) groups is 1. The number of hydrogen-bond donors (Lipinski definition) is 2. The summed E-state index contributed by atoms with van der Waals surface area (Å²) >= 11 is 0. The zero-order valence-electron chi connectivity index (χ0n) is 23.1. The number of fused-ring (bicyclic) bond motifs is 1. The smallest absolute Gasteiger partial charge is 0.271 e. The molecule has 4 aromatic rings. The zero-order chi connectivity index (χ0) is 28.0. The maximum absolute atomic E-state index is 12.7. The summed E-state index contributed by atoms with van der Waals surface area (Å²) in [6.45, 7) is 3.53. The average molecular weight is 553 g/mol. The first-order valence-electron chi connectivity index (χ1n) is 14.5. The number of carbonyl (C=O) groups excluding carboxylic acids is 1. The highest BCUT2D eigenvalue weighted by Crippen LogP contribution is 2.38. The van der Waals surface area contributed by atoms with Gasteiger partial charge in [-0.05, 0) is 54.8 Å². The lowest BCUT2D eigenvalue weighted by molar-refractivity contribution is -0.253. The molecule has 1 amide bonds. The zero-order valence-corrected chi connectivity index (χ0v) is 23.1. The van der Waals surface area contributed by atoms with Crippen LogP contribution in [0.4, 0.5) is 0 Å². The molecular weight excluding hydrogens is 516 g/mol. The highest BCUT2D eigenvalue weighted by molar-refractivity contribution is 5.93. The number of nitrogens with one attached hydrogen (secondary N) is 1. The first-order valence-corrected chi connectivity index (χ1v) is 14.5. The van der Waals surface area contributed by atoms with E-state index in [0.717, 1.165) is 53.8 Å². The second-order valence-corrected chi connectivity index (χ2v) is 10.9. The lowest BCUT2D eigenvalue weighted by atomic mass is 9.99. The van der Waals surface area contributed by atoms with Gasteiger partial charge in [0, 0.05) is 25.1 Å². The van der Waals surface area contributed by atoms with Crippen LogP contribution in [0.3, 0.4) is 0 Å². The summed E-state index contributed by atoms with van der Waals surface area (Å²) in [7, 11) is 0. The number of benzene rings is 3. The largest absolute Gasteiger partial charge is 0.392 e. The molecule has 2 N–H and O–H groups in total. The number of hydrogen-bond acceptors (Lipinski definition) is 7. The molecule has 3 atom stereocenters. The van der Waals surface area contributed by atoms with Gasteiger partial charge < -0.3 is 24.8 Å². The van der Waals surface area contributed by atoms with E-state index in [1.807, 2.05) is 72.8 Å². The van der Waals surface area contributed by atoms with Crippen molar-refractivity contribution in [1.29, 1.82) is 0 Å². The predicted molar refractivity (Wildman–Crippen MR) is 156 cm³/mol. The summed E-state index contributed by atoms with van der Waals surface area (Å²) in [6, 6.07) is 23.5. The summed E-state index contributed by atoms with van der Waals surface area (Å²) in [5, 5.41) is 12.4. The van der Waals surface area contributed by atoms with Gasteiger partial charge in [-0.3, -0.25) is 9.78 Å². The molecule has 3 aromatic carbocycles. The van der Waals surface area contributed by atoms with Crippen LogP contribution < -0.4 is 5.32 Å². The SMILES string of the molecule is O=C(NCc1ccc([C@H]2O[C@@H](CN3CCCCC3)C[C@@H](c3ccc(CO)cc3)O2)cc1)c1cnc2ccccc2n1. The van der Waals surface area contributed by atoms with Crippen molar-refractivity contribution in [1.82, 2.24) is 20.2 Å². The van der Waals surface area contributed by atoms with Gasteiger partial charge in [-0.1, -0.05) is 67.1 Å². The van der Waals surface area contributed by atoms with Crippen molar-refractivity contribution in [2.24, 2.45) is 0 Å². The lowest BCUT2D eigenvalue weighted by Crippen LogP contribution is -2.41. The minimum Gasteiger partial charge on any atom is -0.392 e. The number of ether oxygens (including phenoxy) is 2. The number of nitrogens with zero attached hydrogens (tertiary/aromatic N) is 3. The Bertz CT molecular complexity index is 1450. The number of rotatable bonds is 8. The Labute approximate surface area is 240 Å². The molecule has 212 valence electrons. The molecule has 2 saturated heterocycles. The maximum atomic E-state index is 12.7. The van der Waals surface area contributed by atoms with Crippen LogP contribution in [0.25, 0.3) is 11.0 Å². The first kappa shape index (κ1) is 27.5. The number of likely N-dealkylation sites (tertiary alicyclic amines) is 1. The molecule has 2 fully saturated rings. The summed E-state index contributed by atoms with van der Waals surface area (Å²) in [5.74, 6) is -0.262. The molecule has 1 aromatic heterocycles. The van der Waals surface area contributed by atoms with Crippen molar-refractivity contribution in [3.05, 3.63) is 107 Å². The van der Waals surface area contributed by atoms with E-state index in [1.165, 1.54) is 25.5 Å². The monoisotopic (exact) mass is 552 g/mol. The van der Waals surface area contributed by atoms with Crippen LogP contribution in [0.1, 0.15) is 70.8 Å². The number of aromatic nitrogens is 2. The lowest BCUT2D eigenvalue weighted by Gasteiger charge is -2.39. The average Bonchev–Trinajstić information content (AvgIpc) is 3.04. The molecule has 0 spiro atoms. The van der Waals surface area contributed by atoms with Crippen LogP contribution >= 0.6 is 0 Å². The van der Waals surface area contributed by atoms with E-state index >= 15 is 0 Å². The van der Waals surface area contributed by atoms with Crippen LogP contribution in [0, 0.1) is 0 Å². The van der Waals surface area contributed by atoms with Crippen LogP contribution in [-0.4, -0.2) is 51.6 Å². The normalized spacial score (nSPS) is 21.5. The fourth-order valence-corrected chi connectivity index (χ4v) is 5.60. The first-order chi connectivity index (χ1) is 20.1. The van der Waals surface area contributed by atoms with E-state index in [4.69, 9.17) is 9.47 Å². The van der Waals surface area contributed by atoms with Crippen molar-refractivity contribution in [2.75, 3.05) is 19.6 Å². The molecule has 2 aliphatic rings. The minimum absolute atomic E-state index is 0.0254. The summed E-state index contributed by atoms with van der Waals surface area (Å²) in [4.78, 5) is 24.0. The molecule has 0 aliphatic carbocycles. The van der Waals surface area contributed by atoms with Crippen molar-refractivity contribution in [3.63, 3.8) is 0 Å². The minimum atomic E-state index is -0.488. The number of piperidine rings is 1. The molecule has 0 radical (unpaired) electrons. The van der Waals surface area contributed by atoms with Crippen molar-refractivity contribution in [2.45, 2.75) is 57.3 Å². The van der Waals surface area contributed by atoms with Crippen LogP contribution in [0.15, 0.2) is 79.0 Å². The predicted octanol–water partition coefficient (Wildman–Crippen LogP) is 5.08. The quantitative estimate of drug-likeness (QED) is 0.315. The fraction of sp³-hybridized carbons (Fsp3) is 0.364. The molecule has 0 unspecified atom stereocenters. The van der Waals surface area contributed by atoms with Gasteiger partial charge in [0.2, 0.25) is 0 Å². The third-order valence-corrected chi connectivity index (χ3v) is 7.91. The topological polar surface area (TPSA) is 96.8 Å². The van der Waals surface area contributed by atoms with E-state index in [1.54, 1.807) is 0 Å². The highest BCUT2D eigenvalue weighted by Gasteiger charge is 2.33. The fourth-order valence-electron chi connectivity index (χ4n) is 5.60. The Morgan fingerprint density at radius 3 is 2.34 bits per heavy atom. The maximum Gasteiger partial charge on any atom is 0.271 e. The van der Waals surface area contributed by atoms with Gasteiger partial charge in [-0.2, -0.15) is 0 Å². The standard InChI is InChI=1S/C33H36N4O4/c38-22-24-10-12-25(13-11-24)31-18-27(21-37-16-4-1-5-17-37)40-33(41-31)26-14-8-23(9-15-26)19-35-32(39)30-20-34-28-6-2-3-7-29(28)36-30/h2-3,6-15,20,27,31,33,38H,1,4-5,16-19,21-22H2,(H,35,39)/t27-,31+,33+/m1/s1. The molecule has 3 heterocycles. The third-order valence-electron chi connectivity index (χ3n) is 7.91. The number of aliphatic hydroxyl groups excluding tert-OH is 1. The molecule has 6 rings (SSSR count). The van der Waals surface area contributed by atoms with Crippen molar-refractivity contribution >= 4 is 16.9 Å². The van der Waals surface area contributed by atoms with E-state index in [-0.39, 0.29) is 24.7 Å². The van der Waals surface area contributed by atoms with Gasteiger partial charge in [0.25, 0.3) is 5.91 Å². The number of amides is 1. The molecule has 41 heavy (non-hydrogen) atoms. The molecule has 0 bridgehead atoms. The summed E-state index contributed by atoms with van der Waals surface area (Å²) in [5.41, 5.74) is 5.64. The van der Waals surface area contributed by atoms with Crippen LogP contribution in [-0.2, 0) is 22.6 Å². The molecular formula is C33H36N4O4. The Morgan fingerprint density at radius 2 is 1.59 bits per heavy atom. The van der Waals surface area contributed by atoms with Gasteiger partial charge in [0.05, 0.1) is 36.0 Å².